The number of carbonyl (C=O) groups is 1. The number of ether oxygens (including phenoxy) is 1. The van der Waals surface area contributed by atoms with Crippen LogP contribution in [-0.4, -0.2) is 23.2 Å². The second-order valence-electron chi connectivity index (χ2n) is 3.78. The van der Waals surface area contributed by atoms with Gasteiger partial charge in [-0.1, -0.05) is 28.9 Å². The smallest absolute Gasteiger partial charge is 0.389 e. The molecule has 0 radical (unpaired) electrons. The molecule has 106 valence electrons. The molecule has 0 unspecified atom stereocenters. The third-order valence-corrected chi connectivity index (χ3v) is 2.23. The number of aromatic nitrogens is 2. The lowest BCUT2D eigenvalue weighted by Gasteiger charge is -2.07. The van der Waals surface area contributed by atoms with E-state index in [9.17, 15) is 9.90 Å². The molecule has 20 heavy (non-hydrogen) atoms. The number of aromatic amines is 1. The maximum Gasteiger partial charge on any atom is 0.389 e. The number of carboxylic acid groups (broad SMARTS) is 1. The first kappa shape index (κ1) is 15.2. The molecule has 0 atom stereocenters. The number of nitrogens with zero attached hydrogens (tertiary/aromatic N) is 1. The Kier molecular flexibility index (Phi) is 5.28. The minimum atomic E-state index is -1.18. The number of hydrogen-bond donors (Lipinski definition) is 2. The molecule has 0 amide bonds. The number of nitrogens with two attached hydrogens (primary N) is 1. The summed E-state index contributed by atoms with van der Waals surface area (Å²) >= 11 is 0. The van der Waals surface area contributed by atoms with Crippen molar-refractivity contribution in [2.24, 2.45) is 0 Å². The molecule has 0 spiro atoms. The predicted octanol–water partition coefficient (Wildman–Crippen LogP) is 0.253. The number of para-hydroxylation sites is 1. The zero-order valence-corrected chi connectivity index (χ0v) is 11.1. The average molecular weight is 277 g/mol. The van der Waals surface area contributed by atoms with Crippen molar-refractivity contribution in [2.45, 2.75) is 6.92 Å². The highest BCUT2D eigenvalue weighted by atomic mass is 16.5. The molecule has 2 rings (SSSR count). The van der Waals surface area contributed by atoms with Gasteiger partial charge in [-0.05, 0) is 13.0 Å². The summed E-state index contributed by atoms with van der Waals surface area (Å²) in [6.45, 7) is 1.85. The van der Waals surface area contributed by atoms with Crippen molar-refractivity contribution in [3.63, 3.8) is 0 Å². The highest BCUT2D eigenvalue weighted by Gasteiger charge is 2.02. The fourth-order valence-corrected chi connectivity index (χ4v) is 1.36. The third kappa shape index (κ3) is 4.45. The number of anilines is 1. The van der Waals surface area contributed by atoms with E-state index in [1.165, 1.54) is 24.3 Å². The highest BCUT2D eigenvalue weighted by molar-refractivity contribution is 5.90. The van der Waals surface area contributed by atoms with Gasteiger partial charge in [0.15, 0.2) is 0 Å². The normalized spacial score (nSPS) is 9.30. The summed E-state index contributed by atoms with van der Waals surface area (Å²) in [5, 5.41) is 19.0. The fraction of sp³-hybridized carbons (Fsp3) is 0.154. The van der Waals surface area contributed by atoms with E-state index in [1.807, 2.05) is 6.92 Å². The number of nitrogens with one attached hydrogen (secondary N) is 1. The van der Waals surface area contributed by atoms with Gasteiger partial charge in [-0.25, -0.2) is 9.78 Å². The number of benzene rings is 1. The molecule has 7 nitrogen and oxygen atoms in total. The van der Waals surface area contributed by atoms with E-state index in [1.54, 1.807) is 13.2 Å². The fourth-order valence-electron chi connectivity index (χ4n) is 1.36. The van der Waals surface area contributed by atoms with Crippen molar-refractivity contribution in [1.29, 1.82) is 0 Å². The lowest BCUT2D eigenvalue weighted by molar-refractivity contribution is -0.380. The van der Waals surface area contributed by atoms with E-state index in [4.69, 9.17) is 15.6 Å². The molecule has 0 saturated carbocycles. The number of carboxylic acids is 1. The summed E-state index contributed by atoms with van der Waals surface area (Å²) in [4.78, 5) is 16.9. The zero-order valence-electron chi connectivity index (χ0n) is 11.1. The van der Waals surface area contributed by atoms with E-state index in [2.05, 4.69) is 9.97 Å². The van der Waals surface area contributed by atoms with E-state index in [-0.39, 0.29) is 5.56 Å². The summed E-state index contributed by atoms with van der Waals surface area (Å²) in [5.41, 5.74) is 6.05. The Hall–Kier alpha value is -2.83. The second kappa shape index (κ2) is 6.93. The van der Waals surface area contributed by atoms with Crippen LogP contribution in [0.3, 0.4) is 0 Å². The van der Waals surface area contributed by atoms with Crippen molar-refractivity contribution in [3.05, 3.63) is 41.6 Å². The molecule has 4 N–H and O–H groups in total. The molecule has 2 aromatic rings. The van der Waals surface area contributed by atoms with Crippen LogP contribution in [0, 0.1) is 6.92 Å². The SMILES string of the molecule is COc1cc(C)nc(N)[nH+]1.O=C(O)c1ccccc1[O-]. The molecule has 1 aromatic carbocycles. The Morgan fingerprint density at radius 3 is 2.55 bits per heavy atom. The lowest BCUT2D eigenvalue weighted by atomic mass is 10.2. The number of H-pyrrole nitrogens is 1. The second-order valence-corrected chi connectivity index (χ2v) is 3.78. The van der Waals surface area contributed by atoms with E-state index < -0.39 is 11.7 Å². The van der Waals surface area contributed by atoms with Gasteiger partial charge in [0.25, 0.3) is 5.88 Å². The summed E-state index contributed by atoms with van der Waals surface area (Å²) < 4.78 is 4.90. The van der Waals surface area contributed by atoms with Gasteiger partial charge in [-0.15, -0.1) is 0 Å². The molecule has 0 aliphatic carbocycles. The number of methoxy groups -OCH3 is 1. The molecular formula is C13H15N3O4. The maximum atomic E-state index is 10.7. The van der Waals surface area contributed by atoms with Gasteiger partial charge in [0.05, 0.1) is 18.7 Å². The molecule has 0 aliphatic rings. The molecule has 0 fully saturated rings. The van der Waals surface area contributed by atoms with E-state index >= 15 is 0 Å². The van der Waals surface area contributed by atoms with Crippen molar-refractivity contribution in [3.8, 4) is 11.6 Å². The number of aromatic carboxylic acids is 1. The van der Waals surface area contributed by atoms with Crippen LogP contribution in [0.4, 0.5) is 5.95 Å². The number of aryl methyl sites for hydroxylation is 1. The summed E-state index contributed by atoms with van der Waals surface area (Å²) in [7, 11) is 1.57. The molecule has 0 saturated heterocycles. The lowest BCUT2D eigenvalue weighted by Crippen LogP contribution is -2.15. The Labute approximate surface area is 115 Å². The third-order valence-electron chi connectivity index (χ3n) is 2.23. The first-order chi connectivity index (χ1) is 9.43. The summed E-state index contributed by atoms with van der Waals surface area (Å²) in [6, 6.07) is 7.31. The first-order valence-corrected chi connectivity index (χ1v) is 5.63. The van der Waals surface area contributed by atoms with Crippen molar-refractivity contribution in [2.75, 3.05) is 12.8 Å². The van der Waals surface area contributed by atoms with Gasteiger partial charge in [0.2, 0.25) is 0 Å². The van der Waals surface area contributed by atoms with Gasteiger partial charge in [-0.2, -0.15) is 0 Å². The minimum absolute atomic E-state index is 0.178. The summed E-state index contributed by atoms with van der Waals surface area (Å²) in [5.74, 6) is -0.623. The zero-order chi connectivity index (χ0) is 15.1. The van der Waals surface area contributed by atoms with Crippen LogP contribution in [0.5, 0.6) is 11.6 Å². The maximum absolute atomic E-state index is 10.7. The van der Waals surface area contributed by atoms with Crippen molar-refractivity contribution in [1.82, 2.24) is 4.98 Å². The molecule has 0 aliphatic heterocycles. The Morgan fingerprint density at radius 2 is 2.10 bits per heavy atom. The van der Waals surface area contributed by atoms with Crippen LogP contribution in [-0.2, 0) is 0 Å². The minimum Gasteiger partial charge on any atom is -0.872 e. The van der Waals surface area contributed by atoms with Crippen molar-refractivity contribution < 1.29 is 24.7 Å². The Balaban J connectivity index is 0.000000200. The van der Waals surface area contributed by atoms with Crippen LogP contribution in [0.2, 0.25) is 0 Å². The Morgan fingerprint density at radius 1 is 1.45 bits per heavy atom. The van der Waals surface area contributed by atoms with Gasteiger partial charge >= 0.3 is 11.9 Å². The van der Waals surface area contributed by atoms with Gasteiger partial charge in [0, 0.05) is 0 Å². The van der Waals surface area contributed by atoms with Gasteiger partial charge < -0.3 is 14.9 Å². The summed E-state index contributed by atoms with van der Waals surface area (Å²) in [6.07, 6.45) is 0. The average Bonchev–Trinajstić information content (AvgIpc) is 2.38. The molecule has 0 bridgehead atoms. The highest BCUT2D eigenvalue weighted by Crippen LogP contribution is 2.10. The molecule has 7 heteroatoms. The number of hydrogen-bond acceptors (Lipinski definition) is 5. The Bertz CT molecular complexity index is 582. The largest absolute Gasteiger partial charge is 0.872 e. The van der Waals surface area contributed by atoms with Crippen molar-refractivity contribution >= 4 is 11.9 Å². The monoisotopic (exact) mass is 277 g/mol. The number of nitrogen functional groups attached to an aromatic ring is 1. The van der Waals surface area contributed by atoms with Gasteiger partial charge in [-0.3, -0.25) is 5.73 Å². The van der Waals surface area contributed by atoms with E-state index in [0.29, 0.717) is 11.8 Å². The number of rotatable bonds is 2. The standard InChI is InChI=1S/C7H6O3.C6H9N3O/c8-6-4-2-1-3-5(6)7(9)10;1-4-3-5(10-2)9-6(7)8-4/h1-4,8H,(H,9,10);3H,1-2H3,(H2,7,8,9). The van der Waals surface area contributed by atoms with Crippen LogP contribution < -0.4 is 20.6 Å². The van der Waals surface area contributed by atoms with Gasteiger partial charge in [0.1, 0.15) is 5.69 Å². The van der Waals surface area contributed by atoms with Crippen LogP contribution in [0.15, 0.2) is 30.3 Å². The molecule has 1 aromatic heterocycles. The topological polar surface area (TPSA) is 123 Å². The molecular weight excluding hydrogens is 262 g/mol. The first-order valence-electron chi connectivity index (χ1n) is 5.63. The van der Waals surface area contributed by atoms with E-state index in [0.717, 1.165) is 5.69 Å². The van der Waals surface area contributed by atoms with Crippen LogP contribution in [0.1, 0.15) is 16.1 Å². The predicted molar refractivity (Wildman–Crippen MR) is 69.3 cm³/mol. The molecule has 1 heterocycles. The van der Waals surface area contributed by atoms with Crippen LogP contribution in [0.25, 0.3) is 0 Å². The van der Waals surface area contributed by atoms with Crippen LogP contribution >= 0.6 is 0 Å². The quantitative estimate of drug-likeness (QED) is 0.811.